The van der Waals surface area contributed by atoms with E-state index in [2.05, 4.69) is 12.2 Å². The van der Waals surface area contributed by atoms with Crippen molar-refractivity contribution in [3.63, 3.8) is 0 Å². The molecule has 0 fully saturated rings. The molecule has 2 aliphatic rings. The van der Waals surface area contributed by atoms with E-state index in [9.17, 15) is 23.5 Å². The van der Waals surface area contributed by atoms with Crippen LogP contribution in [0.1, 0.15) is 61.1 Å². The van der Waals surface area contributed by atoms with Crippen LogP contribution in [0, 0.1) is 11.6 Å². The number of ether oxygens (including phenoxy) is 1. The Morgan fingerprint density at radius 3 is 2.56 bits per heavy atom. The van der Waals surface area contributed by atoms with E-state index in [1.165, 1.54) is 16.7 Å². The molecule has 0 spiro atoms. The molecule has 3 heterocycles. The van der Waals surface area contributed by atoms with Crippen molar-refractivity contribution >= 4 is 22.6 Å². The largest absolute Gasteiger partial charge is 0.506 e. The van der Waals surface area contributed by atoms with Crippen LogP contribution in [0.15, 0.2) is 35.1 Å². The highest BCUT2D eigenvalue weighted by molar-refractivity contribution is 6.00. The van der Waals surface area contributed by atoms with Crippen molar-refractivity contribution in [1.82, 2.24) is 4.57 Å². The lowest BCUT2D eigenvalue weighted by Crippen LogP contribution is -2.32. The first-order valence-corrected chi connectivity index (χ1v) is 11.5. The molecule has 0 radical (unpaired) electrons. The summed E-state index contributed by atoms with van der Waals surface area (Å²) in [5.41, 5.74) is 2.33. The highest BCUT2D eigenvalue weighted by Crippen LogP contribution is 2.36. The van der Waals surface area contributed by atoms with Crippen molar-refractivity contribution in [3.8, 4) is 5.75 Å². The molecule has 6 nitrogen and oxygen atoms in total. The van der Waals surface area contributed by atoms with Gasteiger partial charge in [-0.25, -0.2) is 13.6 Å². The number of hydrogen-bond acceptors (Lipinski definition) is 5. The maximum absolute atomic E-state index is 13.8. The number of pyridine rings is 1. The molecule has 0 bridgehead atoms. The summed E-state index contributed by atoms with van der Waals surface area (Å²) in [6.45, 7) is 5.70. The molecular formula is C26H28F2N2O4. The average Bonchev–Trinajstić information content (AvgIpc) is 2.79. The zero-order chi connectivity index (χ0) is 24.6. The van der Waals surface area contributed by atoms with Crippen LogP contribution in [-0.4, -0.2) is 28.3 Å². The number of nitrogens with one attached hydrogen (secondary N) is 1. The molecule has 2 atom stereocenters. The number of nitrogens with zero attached hydrogens (tertiary/aromatic N) is 1. The standard InChI is InChI=1S/C16H16FNO4.C10H12FN/c1-3-22-16(21)12-14(19)11-7-10(17)6-9-5-4-8(2)18(13(9)11)15(12)20;1-7-2-3-8-6-9(11)4-5-10(8)12-7/h6-8,19H,3-5H2,1-2H3;4-7,12H,2-3H2,1H3. The fourth-order valence-electron chi connectivity index (χ4n) is 4.69. The van der Waals surface area contributed by atoms with Gasteiger partial charge in [0.2, 0.25) is 0 Å². The molecule has 5 rings (SSSR count). The summed E-state index contributed by atoms with van der Waals surface area (Å²) in [5, 5.41) is 13.8. The van der Waals surface area contributed by atoms with E-state index < -0.39 is 28.7 Å². The first-order chi connectivity index (χ1) is 16.2. The van der Waals surface area contributed by atoms with Gasteiger partial charge in [0.25, 0.3) is 5.56 Å². The summed E-state index contributed by atoms with van der Waals surface area (Å²) >= 11 is 0. The highest BCUT2D eigenvalue weighted by Gasteiger charge is 2.29. The van der Waals surface area contributed by atoms with E-state index in [-0.39, 0.29) is 23.9 Å². The number of esters is 1. The van der Waals surface area contributed by atoms with Gasteiger partial charge in [0.05, 0.1) is 12.1 Å². The lowest BCUT2D eigenvalue weighted by molar-refractivity contribution is 0.0520. The number of rotatable bonds is 2. The van der Waals surface area contributed by atoms with Gasteiger partial charge in [0.15, 0.2) is 5.56 Å². The quantitative estimate of drug-likeness (QED) is 0.509. The van der Waals surface area contributed by atoms with E-state index in [1.54, 1.807) is 13.0 Å². The molecule has 0 aliphatic carbocycles. The highest BCUT2D eigenvalue weighted by atomic mass is 19.1. The molecular weight excluding hydrogens is 442 g/mol. The van der Waals surface area contributed by atoms with Crippen LogP contribution >= 0.6 is 0 Å². The summed E-state index contributed by atoms with van der Waals surface area (Å²) in [4.78, 5) is 24.6. The average molecular weight is 471 g/mol. The fourth-order valence-corrected chi connectivity index (χ4v) is 4.69. The maximum atomic E-state index is 13.8. The second-order valence-electron chi connectivity index (χ2n) is 8.85. The predicted octanol–water partition coefficient (Wildman–Crippen LogP) is 5.10. The van der Waals surface area contributed by atoms with Gasteiger partial charge >= 0.3 is 5.97 Å². The zero-order valence-electron chi connectivity index (χ0n) is 19.5. The summed E-state index contributed by atoms with van der Waals surface area (Å²) in [6, 6.07) is 7.83. The molecule has 180 valence electrons. The van der Waals surface area contributed by atoms with Crippen LogP contribution in [0.3, 0.4) is 0 Å². The van der Waals surface area contributed by atoms with Crippen molar-refractivity contribution in [2.24, 2.45) is 0 Å². The van der Waals surface area contributed by atoms with E-state index in [4.69, 9.17) is 4.74 Å². The van der Waals surface area contributed by atoms with Crippen LogP contribution in [-0.2, 0) is 17.6 Å². The Bertz CT molecular complexity index is 1320. The Hall–Kier alpha value is -3.42. The van der Waals surface area contributed by atoms with Crippen molar-refractivity contribution < 1.29 is 23.4 Å². The summed E-state index contributed by atoms with van der Waals surface area (Å²) < 4.78 is 32.9. The Balaban J connectivity index is 0.000000192. The van der Waals surface area contributed by atoms with E-state index in [1.807, 2.05) is 13.0 Å². The topological polar surface area (TPSA) is 80.6 Å². The molecule has 2 aliphatic heterocycles. The molecule has 2 N–H and O–H groups in total. The van der Waals surface area contributed by atoms with Crippen LogP contribution in [0.25, 0.3) is 10.9 Å². The molecule has 8 heteroatoms. The summed E-state index contributed by atoms with van der Waals surface area (Å²) in [5.74, 6) is -2.04. The van der Waals surface area contributed by atoms with E-state index in [0.717, 1.165) is 30.2 Å². The number of aryl methyl sites for hydroxylation is 2. The molecule has 2 unspecified atom stereocenters. The molecule has 1 aromatic heterocycles. The van der Waals surface area contributed by atoms with E-state index in [0.29, 0.717) is 30.0 Å². The molecule has 0 saturated heterocycles. The van der Waals surface area contributed by atoms with Crippen LogP contribution < -0.4 is 10.9 Å². The Morgan fingerprint density at radius 1 is 1.12 bits per heavy atom. The molecule has 0 saturated carbocycles. The van der Waals surface area contributed by atoms with Gasteiger partial charge in [0.1, 0.15) is 17.4 Å². The third kappa shape index (κ3) is 4.36. The molecule has 3 aromatic rings. The minimum atomic E-state index is -0.890. The Labute approximate surface area is 196 Å². The van der Waals surface area contributed by atoms with Gasteiger partial charge < -0.3 is 19.7 Å². The number of benzene rings is 2. The van der Waals surface area contributed by atoms with Crippen molar-refractivity contribution in [2.45, 2.75) is 58.5 Å². The lowest BCUT2D eigenvalue weighted by Gasteiger charge is -2.26. The molecule has 2 aromatic carbocycles. The molecule has 0 amide bonds. The van der Waals surface area contributed by atoms with Gasteiger partial charge in [-0.2, -0.15) is 0 Å². The number of aromatic nitrogens is 1. The predicted molar refractivity (Wildman–Crippen MR) is 127 cm³/mol. The Morgan fingerprint density at radius 2 is 1.82 bits per heavy atom. The monoisotopic (exact) mass is 470 g/mol. The van der Waals surface area contributed by atoms with E-state index >= 15 is 0 Å². The van der Waals surface area contributed by atoms with Gasteiger partial charge in [-0.3, -0.25) is 4.79 Å². The number of carbonyl (C=O) groups excluding carboxylic acids is 1. The minimum absolute atomic E-state index is 0.0830. The number of halogens is 2. The van der Waals surface area contributed by atoms with Gasteiger partial charge in [0, 0.05) is 23.2 Å². The fraction of sp³-hybridized carbons (Fsp3) is 0.385. The second-order valence-corrected chi connectivity index (χ2v) is 8.85. The third-order valence-electron chi connectivity index (χ3n) is 6.39. The Kier molecular flexibility index (Phi) is 6.59. The lowest BCUT2D eigenvalue weighted by atomic mass is 9.95. The first-order valence-electron chi connectivity index (χ1n) is 11.5. The normalized spacial score (nSPS) is 18.4. The minimum Gasteiger partial charge on any atom is -0.506 e. The van der Waals surface area contributed by atoms with Crippen LogP contribution in [0.5, 0.6) is 5.75 Å². The van der Waals surface area contributed by atoms with Crippen molar-refractivity contribution in [2.75, 3.05) is 11.9 Å². The summed E-state index contributed by atoms with van der Waals surface area (Å²) in [7, 11) is 0. The van der Waals surface area contributed by atoms with Crippen LogP contribution in [0.2, 0.25) is 0 Å². The smallest absolute Gasteiger partial charge is 0.347 e. The van der Waals surface area contributed by atoms with Gasteiger partial charge in [-0.05, 0) is 87.9 Å². The SMILES string of the molecule is CC1CCc2cc(F)ccc2N1.CCOC(=O)c1c(O)c2cc(F)cc3c2n(c1=O)C(C)CC3. The van der Waals surface area contributed by atoms with Gasteiger partial charge in [-0.1, -0.05) is 0 Å². The number of anilines is 1. The van der Waals surface area contributed by atoms with Crippen LogP contribution in [0.4, 0.5) is 14.5 Å². The van der Waals surface area contributed by atoms with Gasteiger partial charge in [-0.15, -0.1) is 0 Å². The zero-order valence-corrected chi connectivity index (χ0v) is 19.5. The second kappa shape index (κ2) is 9.44. The number of carbonyl (C=O) groups is 1. The maximum Gasteiger partial charge on any atom is 0.347 e. The number of aromatic hydroxyl groups is 1. The third-order valence-corrected chi connectivity index (χ3v) is 6.39. The number of hydrogen-bond donors (Lipinski definition) is 2. The summed E-state index contributed by atoms with van der Waals surface area (Å²) in [6.07, 6.45) is 3.36. The molecule has 34 heavy (non-hydrogen) atoms. The number of fused-ring (bicyclic) bond motifs is 1. The first kappa shape index (κ1) is 23.7. The van der Waals surface area contributed by atoms with Crippen molar-refractivity contribution in [3.05, 3.63) is 69.0 Å². The van der Waals surface area contributed by atoms with Crippen molar-refractivity contribution in [1.29, 1.82) is 0 Å².